The molecule has 1 aromatic carbocycles. The van der Waals surface area contributed by atoms with Crippen molar-refractivity contribution >= 4 is 15.8 Å². The largest absolute Gasteiger partial charge is 5.00 e. The van der Waals surface area contributed by atoms with Crippen LogP contribution in [-0.2, 0) is 17.1 Å². The predicted molar refractivity (Wildman–Crippen MR) is 133 cm³/mol. The minimum atomic E-state index is -0.114. The molecule has 1 aromatic rings. The van der Waals surface area contributed by atoms with Crippen LogP contribution >= 0.6 is 15.8 Å². The number of hydrogen-bond donors (Lipinski definition) is 0. The van der Waals surface area contributed by atoms with Crippen LogP contribution in [0.5, 0.6) is 0 Å². The van der Waals surface area contributed by atoms with Gasteiger partial charge in [-0.25, -0.2) is 0 Å². The van der Waals surface area contributed by atoms with E-state index in [-0.39, 0.29) is 32.9 Å². The Balaban J connectivity index is 0. The van der Waals surface area contributed by atoms with Gasteiger partial charge < -0.3 is 0 Å². The second kappa shape index (κ2) is 13.9. The third-order valence-electron chi connectivity index (χ3n) is 6.48. The predicted octanol–water partition coefficient (Wildman–Crippen LogP) is 7.99. The molecule has 27 heavy (non-hydrogen) atoms. The van der Waals surface area contributed by atoms with E-state index in [2.05, 4.69) is 90.0 Å². The summed E-state index contributed by atoms with van der Waals surface area (Å²) in [5.74, 6) is 0. The summed E-state index contributed by atoms with van der Waals surface area (Å²) in [6.45, 7) is 30.5. The van der Waals surface area contributed by atoms with Gasteiger partial charge in [0.2, 0.25) is 0 Å². The van der Waals surface area contributed by atoms with E-state index in [1.807, 2.05) is 0 Å². The SMILES string of the molecule is CC(C)[PH+](CC[PH+](C(C)C)C(C)C)C(C)C.Cc1c(C)c(C)[c-](C)c1C.[Fe+5]. The molecule has 0 bridgehead atoms. The second-order valence-corrected chi connectivity index (χ2v) is 17.3. The molecule has 3 heteroatoms. The van der Waals surface area contributed by atoms with Gasteiger partial charge in [0.1, 0.15) is 0 Å². The smallest absolute Gasteiger partial charge is 0.196 e. The van der Waals surface area contributed by atoms with E-state index < -0.39 is 0 Å². The molecule has 0 spiro atoms. The topological polar surface area (TPSA) is 0 Å². The van der Waals surface area contributed by atoms with Crippen molar-refractivity contribution in [2.24, 2.45) is 0 Å². The van der Waals surface area contributed by atoms with E-state index >= 15 is 0 Å². The van der Waals surface area contributed by atoms with Gasteiger partial charge in [-0.15, -0.1) is 0 Å². The van der Waals surface area contributed by atoms with Crippen LogP contribution in [0.3, 0.4) is 0 Å². The normalized spacial score (nSPS) is 11.7. The molecule has 0 nitrogen and oxygen atoms in total. The van der Waals surface area contributed by atoms with Crippen LogP contribution < -0.4 is 0 Å². The monoisotopic (exact) mass is 455 g/mol. The number of rotatable bonds is 7. The molecule has 0 atom stereocenters. The van der Waals surface area contributed by atoms with E-state index in [4.69, 9.17) is 0 Å². The van der Waals surface area contributed by atoms with Crippen LogP contribution in [0.1, 0.15) is 83.2 Å². The first kappa shape index (κ1) is 29.9. The van der Waals surface area contributed by atoms with Crippen molar-refractivity contribution in [2.75, 3.05) is 12.3 Å². The second-order valence-electron chi connectivity index (χ2n) is 9.39. The first-order chi connectivity index (χ1) is 11.8. The van der Waals surface area contributed by atoms with Gasteiger partial charge >= 0.3 is 17.1 Å². The molecular formula is C24H49FeP2+6. The molecule has 0 aromatic heterocycles. The van der Waals surface area contributed by atoms with Crippen LogP contribution in [-0.4, -0.2) is 35.0 Å². The Morgan fingerprint density at radius 2 is 0.815 bits per heavy atom. The van der Waals surface area contributed by atoms with Crippen LogP contribution in [0, 0.1) is 34.6 Å². The van der Waals surface area contributed by atoms with Crippen molar-refractivity contribution < 1.29 is 17.1 Å². The Kier molecular flexibility index (Phi) is 15.4. The molecule has 0 fully saturated rings. The molecule has 0 aliphatic heterocycles. The summed E-state index contributed by atoms with van der Waals surface area (Å²) in [5, 5.41) is 0. The van der Waals surface area contributed by atoms with Gasteiger partial charge in [0.15, 0.2) is 0 Å². The summed E-state index contributed by atoms with van der Waals surface area (Å²) in [6.07, 6.45) is 3.12. The van der Waals surface area contributed by atoms with Crippen molar-refractivity contribution in [3.05, 3.63) is 27.8 Å². The van der Waals surface area contributed by atoms with E-state index in [0.29, 0.717) is 0 Å². The maximum atomic E-state index is 2.44. The molecular weight excluding hydrogens is 406 g/mol. The molecule has 1 rings (SSSR count). The maximum Gasteiger partial charge on any atom is 5.00 e. The fourth-order valence-corrected chi connectivity index (χ4v) is 11.5. The molecule has 0 saturated carbocycles. The Morgan fingerprint density at radius 3 is 0.926 bits per heavy atom. The number of hydrogen-bond acceptors (Lipinski definition) is 0. The minimum Gasteiger partial charge on any atom is -0.196 e. The minimum absolute atomic E-state index is 0. The van der Waals surface area contributed by atoms with Crippen LogP contribution in [0.2, 0.25) is 0 Å². The molecule has 0 saturated heterocycles. The summed E-state index contributed by atoms with van der Waals surface area (Å²) in [6, 6.07) is 0. The van der Waals surface area contributed by atoms with E-state index in [0.717, 1.165) is 22.6 Å². The van der Waals surface area contributed by atoms with Gasteiger partial charge in [-0.05, 0) is 55.4 Å². The zero-order chi connectivity index (χ0) is 20.8. The standard InChI is InChI=1S/C14H32P2.C10H15.Fe/c1-11(2)15(12(3)4)9-10-16(13(5)6)14(7)8;1-6-7(2)9(4)10(5)8(6)3;/h11-14H,9-10H2,1-8H3;1-5H3;/q;-1;+5/p+2. The summed E-state index contributed by atoms with van der Waals surface area (Å²) >= 11 is 0. The van der Waals surface area contributed by atoms with Crippen LogP contribution in [0.4, 0.5) is 0 Å². The fraction of sp³-hybridized carbons (Fsp3) is 0.792. The average molecular weight is 455 g/mol. The van der Waals surface area contributed by atoms with Gasteiger partial charge in [0.05, 0.1) is 35.0 Å². The van der Waals surface area contributed by atoms with E-state index in [1.165, 1.54) is 27.8 Å². The first-order valence-electron chi connectivity index (χ1n) is 10.7. The van der Waals surface area contributed by atoms with Crippen molar-refractivity contribution in [1.29, 1.82) is 0 Å². The third-order valence-corrected chi connectivity index (χ3v) is 14.6. The van der Waals surface area contributed by atoms with Crippen molar-refractivity contribution in [2.45, 2.75) is 113 Å². The van der Waals surface area contributed by atoms with E-state index in [1.54, 1.807) is 12.3 Å². The summed E-state index contributed by atoms with van der Waals surface area (Å²) < 4.78 is 0. The van der Waals surface area contributed by atoms with Gasteiger partial charge in [-0.1, -0.05) is 34.6 Å². The molecule has 0 aliphatic carbocycles. The third kappa shape index (κ3) is 9.39. The molecule has 0 heterocycles. The molecule has 0 N–H and O–H groups in total. The van der Waals surface area contributed by atoms with Crippen molar-refractivity contribution in [1.82, 2.24) is 0 Å². The zero-order valence-corrected chi connectivity index (χ0v) is 23.7. The Bertz CT molecular complexity index is 411. The molecule has 1 radical (unpaired) electrons. The summed E-state index contributed by atoms with van der Waals surface area (Å²) in [5.41, 5.74) is 11.1. The van der Waals surface area contributed by atoms with Crippen LogP contribution in [0.25, 0.3) is 0 Å². The van der Waals surface area contributed by atoms with Crippen LogP contribution in [0.15, 0.2) is 0 Å². The average Bonchev–Trinajstić information content (AvgIpc) is 2.68. The van der Waals surface area contributed by atoms with Crippen molar-refractivity contribution in [3.63, 3.8) is 0 Å². The maximum absolute atomic E-state index is 2.44. The van der Waals surface area contributed by atoms with Crippen molar-refractivity contribution in [3.8, 4) is 0 Å². The van der Waals surface area contributed by atoms with Gasteiger partial charge in [-0.2, -0.15) is 27.8 Å². The zero-order valence-electron chi connectivity index (χ0n) is 20.6. The first-order valence-corrected chi connectivity index (χ1v) is 14.5. The van der Waals surface area contributed by atoms with Gasteiger partial charge in [0, 0.05) is 15.8 Å². The molecule has 0 unspecified atom stereocenters. The molecule has 0 aliphatic rings. The Hall–Kier alpha value is 0.729. The summed E-state index contributed by atoms with van der Waals surface area (Å²) in [4.78, 5) is 0. The molecule has 0 amide bonds. The van der Waals surface area contributed by atoms with Gasteiger partial charge in [-0.3, -0.25) is 0 Å². The summed E-state index contributed by atoms with van der Waals surface area (Å²) in [7, 11) is -0.229. The quantitative estimate of drug-likeness (QED) is 0.222. The Morgan fingerprint density at radius 1 is 0.593 bits per heavy atom. The van der Waals surface area contributed by atoms with Gasteiger partial charge in [0.25, 0.3) is 0 Å². The fourth-order valence-electron chi connectivity index (χ4n) is 4.18. The molecule has 157 valence electrons. The Labute approximate surface area is 185 Å². The van der Waals surface area contributed by atoms with E-state index in [9.17, 15) is 0 Å².